The largest absolute Gasteiger partial charge is 0.461 e. The molecule has 0 aliphatic heterocycles. The number of esters is 1. The van der Waals surface area contributed by atoms with Gasteiger partial charge in [-0.3, -0.25) is 4.79 Å². The van der Waals surface area contributed by atoms with Crippen molar-refractivity contribution in [3.05, 3.63) is 12.2 Å². The van der Waals surface area contributed by atoms with Crippen molar-refractivity contribution in [1.29, 1.82) is 0 Å². The fraction of sp³-hybridized carbons (Fsp3) is 0.769. The first-order chi connectivity index (χ1) is 7.22. The lowest BCUT2D eigenvalue weighted by Gasteiger charge is -2.09. The first-order valence-electron chi connectivity index (χ1n) is 6.04. The van der Waals surface area contributed by atoms with Gasteiger partial charge in [0.1, 0.15) is 6.61 Å². The third-order valence-electron chi connectivity index (χ3n) is 2.34. The zero-order valence-electron chi connectivity index (χ0n) is 10.3. The molecule has 0 aliphatic carbocycles. The smallest absolute Gasteiger partial charge is 0.308 e. The molecule has 1 atom stereocenters. The van der Waals surface area contributed by atoms with E-state index in [1.807, 2.05) is 13.0 Å². The van der Waals surface area contributed by atoms with Crippen LogP contribution in [-0.2, 0) is 9.53 Å². The van der Waals surface area contributed by atoms with E-state index in [4.69, 9.17) is 4.74 Å². The van der Waals surface area contributed by atoms with Crippen LogP contribution < -0.4 is 0 Å². The molecule has 0 bridgehead atoms. The zero-order chi connectivity index (χ0) is 11.5. The lowest BCUT2D eigenvalue weighted by atomic mass is 10.1. The molecule has 15 heavy (non-hydrogen) atoms. The monoisotopic (exact) mass is 212 g/mol. The predicted octanol–water partition coefficient (Wildman–Crippen LogP) is 3.71. The summed E-state index contributed by atoms with van der Waals surface area (Å²) in [7, 11) is 0. The average molecular weight is 212 g/mol. The van der Waals surface area contributed by atoms with E-state index in [1.54, 1.807) is 0 Å². The third-order valence-corrected chi connectivity index (χ3v) is 2.34. The number of hydrogen-bond donors (Lipinski definition) is 0. The molecule has 0 amide bonds. The predicted molar refractivity (Wildman–Crippen MR) is 63.7 cm³/mol. The molecule has 2 nitrogen and oxygen atoms in total. The molecular formula is C13H24O2. The summed E-state index contributed by atoms with van der Waals surface area (Å²) in [6, 6.07) is 0. The number of unbranched alkanes of at least 4 members (excludes halogenated alkanes) is 2. The SMILES string of the molecule is CCCC=CCOC(=O)C(C)CCCC. The molecule has 0 aromatic heterocycles. The molecule has 0 saturated carbocycles. The van der Waals surface area contributed by atoms with E-state index < -0.39 is 0 Å². The summed E-state index contributed by atoms with van der Waals surface area (Å²) in [6.07, 6.45) is 9.35. The Kier molecular flexibility index (Phi) is 9.24. The normalized spacial score (nSPS) is 13.0. The number of ether oxygens (including phenoxy) is 1. The molecule has 0 rings (SSSR count). The second kappa shape index (κ2) is 9.75. The van der Waals surface area contributed by atoms with Crippen LogP contribution in [0.3, 0.4) is 0 Å². The molecule has 2 heteroatoms. The Labute approximate surface area is 93.7 Å². The lowest BCUT2D eigenvalue weighted by molar-refractivity contribution is -0.146. The maximum absolute atomic E-state index is 11.4. The van der Waals surface area contributed by atoms with Gasteiger partial charge in [-0.25, -0.2) is 0 Å². The molecule has 0 heterocycles. The summed E-state index contributed by atoms with van der Waals surface area (Å²) in [5.74, 6) is -0.0193. The van der Waals surface area contributed by atoms with Crippen LogP contribution in [0.1, 0.15) is 52.9 Å². The Hall–Kier alpha value is -0.790. The van der Waals surface area contributed by atoms with Crippen molar-refractivity contribution in [2.75, 3.05) is 6.61 Å². The minimum atomic E-state index is -0.0652. The fourth-order valence-corrected chi connectivity index (χ4v) is 1.25. The van der Waals surface area contributed by atoms with Gasteiger partial charge < -0.3 is 4.74 Å². The fourth-order valence-electron chi connectivity index (χ4n) is 1.25. The Balaban J connectivity index is 3.55. The van der Waals surface area contributed by atoms with Crippen LogP contribution in [0.2, 0.25) is 0 Å². The highest BCUT2D eigenvalue weighted by atomic mass is 16.5. The highest BCUT2D eigenvalue weighted by Gasteiger charge is 2.12. The van der Waals surface area contributed by atoms with Crippen molar-refractivity contribution in [3.63, 3.8) is 0 Å². The summed E-state index contributed by atoms with van der Waals surface area (Å²) in [5, 5.41) is 0. The number of carbonyl (C=O) groups excluding carboxylic acids is 1. The van der Waals surface area contributed by atoms with Crippen LogP contribution in [0.25, 0.3) is 0 Å². The van der Waals surface area contributed by atoms with Gasteiger partial charge in [0.2, 0.25) is 0 Å². The van der Waals surface area contributed by atoms with E-state index in [-0.39, 0.29) is 11.9 Å². The first-order valence-corrected chi connectivity index (χ1v) is 6.04. The van der Waals surface area contributed by atoms with Crippen molar-refractivity contribution in [2.24, 2.45) is 5.92 Å². The van der Waals surface area contributed by atoms with Gasteiger partial charge in [-0.15, -0.1) is 0 Å². The van der Waals surface area contributed by atoms with E-state index in [9.17, 15) is 4.79 Å². The quantitative estimate of drug-likeness (QED) is 0.453. The van der Waals surface area contributed by atoms with E-state index in [1.165, 1.54) is 0 Å². The van der Waals surface area contributed by atoms with Crippen molar-refractivity contribution >= 4 is 5.97 Å². The highest BCUT2D eigenvalue weighted by Crippen LogP contribution is 2.09. The Morgan fingerprint density at radius 1 is 1.27 bits per heavy atom. The molecule has 1 unspecified atom stereocenters. The maximum atomic E-state index is 11.4. The van der Waals surface area contributed by atoms with Crippen LogP contribution in [0, 0.1) is 5.92 Å². The van der Waals surface area contributed by atoms with Crippen molar-refractivity contribution in [3.8, 4) is 0 Å². The maximum Gasteiger partial charge on any atom is 0.308 e. The standard InChI is InChI=1S/C13H24O2/c1-4-6-8-9-11-15-13(14)12(3)10-7-5-2/h8-9,12H,4-7,10-11H2,1-3H3. The number of allylic oxidation sites excluding steroid dienone is 1. The van der Waals surface area contributed by atoms with Gasteiger partial charge in [-0.2, -0.15) is 0 Å². The Bertz CT molecular complexity index is 185. The molecule has 0 aromatic carbocycles. The number of carbonyl (C=O) groups is 1. The summed E-state index contributed by atoms with van der Waals surface area (Å²) in [6.45, 7) is 6.62. The van der Waals surface area contributed by atoms with Crippen molar-refractivity contribution in [2.45, 2.75) is 52.9 Å². The molecule has 0 aromatic rings. The highest BCUT2D eigenvalue weighted by molar-refractivity contribution is 5.71. The van der Waals surface area contributed by atoms with Gasteiger partial charge in [-0.1, -0.05) is 52.2 Å². The van der Waals surface area contributed by atoms with Crippen LogP contribution in [0.5, 0.6) is 0 Å². The Morgan fingerprint density at radius 2 is 2.00 bits per heavy atom. The van der Waals surface area contributed by atoms with E-state index >= 15 is 0 Å². The van der Waals surface area contributed by atoms with Crippen LogP contribution >= 0.6 is 0 Å². The van der Waals surface area contributed by atoms with Gasteiger partial charge >= 0.3 is 5.97 Å². The summed E-state index contributed by atoms with van der Waals surface area (Å²) in [4.78, 5) is 11.4. The molecule has 0 fully saturated rings. The van der Waals surface area contributed by atoms with Crippen molar-refractivity contribution < 1.29 is 9.53 Å². The molecular weight excluding hydrogens is 188 g/mol. The van der Waals surface area contributed by atoms with Gasteiger partial charge in [0.15, 0.2) is 0 Å². The molecule has 0 saturated heterocycles. The van der Waals surface area contributed by atoms with Gasteiger partial charge in [0, 0.05) is 0 Å². The molecule has 88 valence electrons. The summed E-state index contributed by atoms with van der Waals surface area (Å²) in [5.41, 5.74) is 0. The average Bonchev–Trinajstić information content (AvgIpc) is 2.25. The second-order valence-electron chi connectivity index (χ2n) is 3.93. The molecule has 0 N–H and O–H groups in total. The minimum Gasteiger partial charge on any atom is -0.461 e. The Morgan fingerprint density at radius 3 is 2.60 bits per heavy atom. The van der Waals surface area contributed by atoms with Gasteiger partial charge in [0.25, 0.3) is 0 Å². The summed E-state index contributed by atoms with van der Waals surface area (Å²) < 4.78 is 5.12. The lowest BCUT2D eigenvalue weighted by Crippen LogP contribution is -2.14. The zero-order valence-corrected chi connectivity index (χ0v) is 10.3. The topological polar surface area (TPSA) is 26.3 Å². The van der Waals surface area contributed by atoms with Gasteiger partial charge in [0.05, 0.1) is 5.92 Å². The molecule has 0 radical (unpaired) electrons. The second-order valence-corrected chi connectivity index (χ2v) is 3.93. The van der Waals surface area contributed by atoms with Crippen LogP contribution in [0.4, 0.5) is 0 Å². The van der Waals surface area contributed by atoms with Crippen LogP contribution in [0.15, 0.2) is 12.2 Å². The third kappa shape index (κ3) is 8.22. The minimum absolute atomic E-state index is 0.0459. The number of hydrogen-bond acceptors (Lipinski definition) is 2. The number of rotatable bonds is 8. The van der Waals surface area contributed by atoms with E-state index in [0.717, 1.165) is 32.1 Å². The van der Waals surface area contributed by atoms with E-state index in [2.05, 4.69) is 19.9 Å². The first kappa shape index (κ1) is 14.2. The van der Waals surface area contributed by atoms with Crippen molar-refractivity contribution in [1.82, 2.24) is 0 Å². The molecule has 0 aliphatic rings. The van der Waals surface area contributed by atoms with E-state index in [0.29, 0.717) is 6.61 Å². The van der Waals surface area contributed by atoms with Gasteiger partial charge in [-0.05, 0) is 12.8 Å². The van der Waals surface area contributed by atoms with Crippen LogP contribution in [-0.4, -0.2) is 12.6 Å². The summed E-state index contributed by atoms with van der Waals surface area (Å²) >= 11 is 0. The molecule has 0 spiro atoms.